The smallest absolute Gasteiger partial charge is 0.264 e. The number of nitrogens with zero attached hydrogens (tertiary/aromatic N) is 2. The van der Waals surface area contributed by atoms with Crippen LogP contribution in [0, 0.1) is 6.92 Å². The van der Waals surface area contributed by atoms with Crippen LogP contribution in [0.5, 0.6) is 0 Å². The molecule has 1 atom stereocenters. The molecule has 39 heavy (non-hydrogen) atoms. The van der Waals surface area contributed by atoms with Gasteiger partial charge < -0.3 is 10.2 Å². The van der Waals surface area contributed by atoms with Crippen LogP contribution in [0.15, 0.2) is 65.6 Å². The number of benzene rings is 3. The third kappa shape index (κ3) is 7.80. The molecule has 3 aromatic rings. The molecule has 0 fully saturated rings. The summed E-state index contributed by atoms with van der Waals surface area (Å²) in [5.74, 6) is -1.03. The molecule has 0 radical (unpaired) electrons. The van der Waals surface area contributed by atoms with Crippen molar-refractivity contribution in [3.63, 3.8) is 0 Å². The molecule has 0 aliphatic heterocycles. The SMILES string of the molecule is CCNC(=O)[C@H](C)N(Cc1ccc(Cl)c(Cl)c1)C(=O)CN(c1cc(Cl)cc(Cl)c1)S(=O)(=O)c1ccc(C)cc1. The van der Waals surface area contributed by atoms with Crippen LogP contribution in [0.3, 0.4) is 0 Å². The lowest BCUT2D eigenvalue weighted by molar-refractivity contribution is -0.139. The molecule has 0 heterocycles. The predicted octanol–water partition coefficient (Wildman–Crippen LogP) is 6.36. The first kappa shape index (κ1) is 31.0. The van der Waals surface area contributed by atoms with Gasteiger partial charge in [0.1, 0.15) is 12.6 Å². The number of nitrogens with one attached hydrogen (secondary N) is 1. The minimum Gasteiger partial charge on any atom is -0.355 e. The van der Waals surface area contributed by atoms with E-state index in [-0.39, 0.29) is 32.2 Å². The monoisotopic (exact) mass is 629 g/mol. The van der Waals surface area contributed by atoms with Crippen LogP contribution in [-0.2, 0) is 26.2 Å². The summed E-state index contributed by atoms with van der Waals surface area (Å²) < 4.78 is 28.6. The van der Waals surface area contributed by atoms with Gasteiger partial charge in [0.15, 0.2) is 0 Å². The van der Waals surface area contributed by atoms with E-state index in [9.17, 15) is 18.0 Å². The molecule has 0 saturated heterocycles. The molecule has 3 aromatic carbocycles. The number of hydrogen-bond donors (Lipinski definition) is 1. The maximum Gasteiger partial charge on any atom is 0.264 e. The van der Waals surface area contributed by atoms with Crippen molar-refractivity contribution in [3.8, 4) is 0 Å². The Morgan fingerprint density at radius 1 is 0.897 bits per heavy atom. The molecule has 0 spiro atoms. The van der Waals surface area contributed by atoms with Crippen LogP contribution in [0.4, 0.5) is 5.69 Å². The highest BCUT2D eigenvalue weighted by Crippen LogP contribution is 2.30. The summed E-state index contributed by atoms with van der Waals surface area (Å²) >= 11 is 24.6. The molecule has 2 amide bonds. The topological polar surface area (TPSA) is 86.8 Å². The highest BCUT2D eigenvalue weighted by Gasteiger charge is 2.32. The third-order valence-electron chi connectivity index (χ3n) is 5.88. The van der Waals surface area contributed by atoms with Crippen LogP contribution in [0.2, 0.25) is 20.1 Å². The number of likely N-dealkylation sites (N-methyl/N-ethyl adjacent to an activating group) is 1. The number of aryl methyl sites for hydroxylation is 1. The summed E-state index contributed by atoms with van der Waals surface area (Å²) in [6.45, 7) is 4.86. The molecule has 0 aromatic heterocycles. The van der Waals surface area contributed by atoms with Crippen LogP contribution in [0.25, 0.3) is 0 Å². The molecule has 0 saturated carbocycles. The van der Waals surface area contributed by atoms with Crippen LogP contribution < -0.4 is 9.62 Å². The first-order valence-electron chi connectivity index (χ1n) is 11.9. The third-order valence-corrected chi connectivity index (χ3v) is 8.84. The minimum atomic E-state index is -4.24. The van der Waals surface area contributed by atoms with Gasteiger partial charge in [-0.05, 0) is 68.8 Å². The van der Waals surface area contributed by atoms with Gasteiger partial charge in [-0.2, -0.15) is 0 Å². The van der Waals surface area contributed by atoms with Gasteiger partial charge in [-0.3, -0.25) is 13.9 Å². The summed E-state index contributed by atoms with van der Waals surface area (Å²) in [6.07, 6.45) is 0. The summed E-state index contributed by atoms with van der Waals surface area (Å²) in [4.78, 5) is 27.9. The average molecular weight is 631 g/mol. The zero-order chi connectivity index (χ0) is 28.9. The standard InChI is InChI=1S/C27H27Cl4N3O4S/c1-4-32-27(36)18(3)33(15-19-7-10-24(30)25(31)11-19)26(35)16-34(22-13-20(28)12-21(29)14-22)39(37,38)23-8-5-17(2)6-9-23/h5-14,18H,4,15-16H2,1-3H3,(H,32,36)/t18-/m0/s1. The van der Waals surface area contributed by atoms with Crippen LogP contribution in [-0.4, -0.2) is 44.3 Å². The average Bonchev–Trinajstić information content (AvgIpc) is 2.87. The Bertz CT molecular complexity index is 1450. The maximum absolute atomic E-state index is 13.9. The first-order valence-corrected chi connectivity index (χ1v) is 14.8. The van der Waals surface area contributed by atoms with Crippen molar-refractivity contribution in [2.24, 2.45) is 0 Å². The normalized spacial score (nSPS) is 12.1. The van der Waals surface area contributed by atoms with Gasteiger partial charge in [-0.15, -0.1) is 0 Å². The molecule has 0 aliphatic rings. The number of sulfonamides is 1. The lowest BCUT2D eigenvalue weighted by Gasteiger charge is -2.32. The van der Waals surface area contributed by atoms with E-state index in [0.29, 0.717) is 17.1 Å². The van der Waals surface area contributed by atoms with Crippen molar-refractivity contribution in [1.29, 1.82) is 0 Å². The fraction of sp³-hybridized carbons (Fsp3) is 0.259. The van der Waals surface area contributed by atoms with E-state index in [4.69, 9.17) is 46.4 Å². The number of carbonyl (C=O) groups excluding carboxylic acids is 2. The fourth-order valence-electron chi connectivity index (χ4n) is 3.79. The number of anilines is 1. The van der Waals surface area contributed by atoms with E-state index in [1.165, 1.54) is 35.2 Å². The number of carbonyl (C=O) groups is 2. The van der Waals surface area contributed by atoms with E-state index >= 15 is 0 Å². The van der Waals surface area contributed by atoms with Gasteiger partial charge in [-0.25, -0.2) is 8.42 Å². The van der Waals surface area contributed by atoms with Crippen LogP contribution in [0.1, 0.15) is 25.0 Å². The Kier molecular flexibility index (Phi) is 10.5. The van der Waals surface area contributed by atoms with Crippen molar-refractivity contribution >= 4 is 73.9 Å². The molecule has 7 nitrogen and oxygen atoms in total. The Morgan fingerprint density at radius 3 is 2.08 bits per heavy atom. The molecule has 12 heteroatoms. The summed E-state index contributed by atoms with van der Waals surface area (Å²) in [6, 6.07) is 14.4. The highest BCUT2D eigenvalue weighted by atomic mass is 35.5. The van der Waals surface area contributed by atoms with E-state index in [2.05, 4.69) is 5.32 Å². The van der Waals surface area contributed by atoms with Gasteiger partial charge in [0.2, 0.25) is 11.8 Å². The zero-order valence-corrected chi connectivity index (χ0v) is 25.3. The van der Waals surface area contributed by atoms with E-state index < -0.39 is 34.4 Å². The molecule has 1 N–H and O–H groups in total. The molecule has 0 aliphatic carbocycles. The fourth-order valence-corrected chi connectivity index (χ4v) is 6.02. The molecule has 208 valence electrons. The second-order valence-corrected chi connectivity index (χ2v) is 12.3. The molecule has 0 unspecified atom stereocenters. The van der Waals surface area contributed by atoms with E-state index in [0.717, 1.165) is 9.87 Å². The second kappa shape index (κ2) is 13.2. The predicted molar refractivity (Wildman–Crippen MR) is 157 cm³/mol. The Balaban J connectivity index is 2.07. The minimum absolute atomic E-state index is 0.0233. The summed E-state index contributed by atoms with van der Waals surface area (Å²) in [5.41, 5.74) is 1.57. The number of amides is 2. The Labute approximate surface area is 248 Å². The van der Waals surface area contributed by atoms with Gasteiger partial charge in [0, 0.05) is 23.1 Å². The Hall–Kier alpha value is -2.49. The maximum atomic E-state index is 13.9. The van der Waals surface area contributed by atoms with E-state index in [1.54, 1.807) is 44.2 Å². The van der Waals surface area contributed by atoms with Crippen molar-refractivity contribution < 1.29 is 18.0 Å². The second-order valence-electron chi connectivity index (χ2n) is 8.79. The lowest BCUT2D eigenvalue weighted by atomic mass is 10.1. The quantitative estimate of drug-likeness (QED) is 0.283. The number of rotatable bonds is 10. The van der Waals surface area contributed by atoms with Gasteiger partial charge in [0.05, 0.1) is 20.6 Å². The van der Waals surface area contributed by atoms with Crippen molar-refractivity contribution in [2.45, 2.75) is 38.3 Å². The molecule has 0 bridgehead atoms. The Morgan fingerprint density at radius 2 is 1.51 bits per heavy atom. The molecular formula is C27H27Cl4N3O4S. The summed E-state index contributed by atoms with van der Waals surface area (Å²) in [5, 5.41) is 3.70. The highest BCUT2D eigenvalue weighted by molar-refractivity contribution is 7.92. The van der Waals surface area contributed by atoms with Gasteiger partial charge >= 0.3 is 0 Å². The first-order chi connectivity index (χ1) is 18.3. The van der Waals surface area contributed by atoms with Crippen molar-refractivity contribution in [2.75, 3.05) is 17.4 Å². The zero-order valence-electron chi connectivity index (χ0n) is 21.4. The van der Waals surface area contributed by atoms with Crippen molar-refractivity contribution in [1.82, 2.24) is 10.2 Å². The van der Waals surface area contributed by atoms with E-state index in [1.807, 2.05) is 6.92 Å². The number of halogens is 4. The van der Waals surface area contributed by atoms with Gasteiger partial charge in [-0.1, -0.05) is 70.2 Å². The lowest BCUT2D eigenvalue weighted by Crippen LogP contribution is -2.51. The number of hydrogen-bond acceptors (Lipinski definition) is 4. The molecule has 3 rings (SSSR count). The van der Waals surface area contributed by atoms with Gasteiger partial charge in [0.25, 0.3) is 10.0 Å². The molecular weight excluding hydrogens is 604 g/mol. The van der Waals surface area contributed by atoms with Crippen LogP contribution >= 0.6 is 46.4 Å². The largest absolute Gasteiger partial charge is 0.355 e. The van der Waals surface area contributed by atoms with Crippen molar-refractivity contribution in [3.05, 3.63) is 91.9 Å². The summed E-state index contributed by atoms with van der Waals surface area (Å²) in [7, 11) is -4.24.